The van der Waals surface area contributed by atoms with Crippen LogP contribution in [0.5, 0.6) is 5.75 Å². The highest BCUT2D eigenvalue weighted by atomic mass is 19.4. The van der Waals surface area contributed by atoms with Gasteiger partial charge < -0.3 is 9.84 Å². The van der Waals surface area contributed by atoms with Crippen molar-refractivity contribution in [3.05, 3.63) is 35.9 Å². The molecule has 1 aromatic rings. The van der Waals surface area contributed by atoms with Gasteiger partial charge in [0.25, 0.3) is 0 Å². The van der Waals surface area contributed by atoms with Gasteiger partial charge in [-0.15, -0.1) is 0 Å². The number of benzene rings is 1. The Kier molecular flexibility index (Phi) is 3.00. The fraction of sp³-hybridized carbons (Fsp3) is 0.222. The summed E-state index contributed by atoms with van der Waals surface area (Å²) in [5, 5.41) is 8.60. The molecule has 0 aromatic heterocycles. The molecule has 77 valence electrons. The molecule has 0 atom stereocenters. The molecule has 0 aliphatic carbocycles. The quantitative estimate of drug-likeness (QED) is 0.804. The zero-order valence-electron chi connectivity index (χ0n) is 7.30. The van der Waals surface area contributed by atoms with Crippen LogP contribution >= 0.6 is 0 Å². The topological polar surface area (TPSA) is 29.5 Å². The first kappa shape index (κ1) is 10.8. The maximum atomic E-state index is 12.3. The van der Waals surface area contributed by atoms with Crippen LogP contribution in [0.3, 0.4) is 0 Å². The summed E-state index contributed by atoms with van der Waals surface area (Å²) in [4.78, 5) is 0. The molecule has 14 heavy (non-hydrogen) atoms. The van der Waals surface area contributed by atoms with Crippen LogP contribution in [0.15, 0.2) is 18.2 Å². The number of hydrogen-bond acceptors (Lipinski definition) is 2. The molecular weight excluding hydrogens is 197 g/mol. The van der Waals surface area contributed by atoms with Crippen molar-refractivity contribution >= 4 is 0 Å². The lowest BCUT2D eigenvalue weighted by Crippen LogP contribution is -2.05. The minimum Gasteiger partial charge on any atom is -0.497 e. The highest BCUT2D eigenvalue weighted by Gasteiger charge is 2.31. The lowest BCUT2D eigenvalue weighted by atomic mass is 10.1. The van der Waals surface area contributed by atoms with E-state index in [1.54, 1.807) is 0 Å². The number of ether oxygens (including phenoxy) is 1. The van der Waals surface area contributed by atoms with E-state index < -0.39 is 11.7 Å². The molecule has 1 radical (unpaired) electrons. The minimum atomic E-state index is -4.44. The van der Waals surface area contributed by atoms with Crippen molar-refractivity contribution in [2.75, 3.05) is 7.11 Å². The van der Waals surface area contributed by atoms with Crippen LogP contribution in [-0.4, -0.2) is 12.2 Å². The van der Waals surface area contributed by atoms with E-state index in [1.165, 1.54) is 13.2 Å². The van der Waals surface area contributed by atoms with Gasteiger partial charge in [0, 0.05) is 0 Å². The predicted molar refractivity (Wildman–Crippen MR) is 43.3 cm³/mol. The van der Waals surface area contributed by atoms with Crippen molar-refractivity contribution in [1.29, 1.82) is 0 Å². The smallest absolute Gasteiger partial charge is 0.416 e. The Hall–Kier alpha value is -1.23. The van der Waals surface area contributed by atoms with E-state index in [4.69, 9.17) is 5.11 Å². The van der Waals surface area contributed by atoms with Gasteiger partial charge in [-0.05, 0) is 23.8 Å². The van der Waals surface area contributed by atoms with Gasteiger partial charge in [0.2, 0.25) is 0 Å². The van der Waals surface area contributed by atoms with E-state index in [9.17, 15) is 13.2 Å². The number of alkyl halides is 3. The SMILES string of the molecule is COc1cc([CH]O)cc(C(F)(F)F)c1. The maximum absolute atomic E-state index is 12.3. The molecule has 0 amide bonds. The summed E-state index contributed by atoms with van der Waals surface area (Å²) in [5.41, 5.74) is -0.797. The molecule has 1 aromatic carbocycles. The van der Waals surface area contributed by atoms with Crippen molar-refractivity contribution in [1.82, 2.24) is 0 Å². The first-order chi connectivity index (χ1) is 6.47. The maximum Gasteiger partial charge on any atom is 0.416 e. The number of aliphatic hydroxyl groups excluding tert-OH is 1. The highest BCUT2D eigenvalue weighted by Crippen LogP contribution is 2.32. The monoisotopic (exact) mass is 205 g/mol. The van der Waals surface area contributed by atoms with E-state index in [2.05, 4.69) is 4.74 Å². The Balaban J connectivity index is 3.17. The zero-order valence-corrected chi connectivity index (χ0v) is 7.30. The molecule has 0 fully saturated rings. The Morgan fingerprint density at radius 1 is 1.29 bits per heavy atom. The van der Waals surface area contributed by atoms with Crippen LogP contribution in [0.25, 0.3) is 0 Å². The van der Waals surface area contributed by atoms with E-state index in [0.717, 1.165) is 12.1 Å². The van der Waals surface area contributed by atoms with Crippen LogP contribution < -0.4 is 4.74 Å². The summed E-state index contributed by atoms with van der Waals surface area (Å²) in [6.07, 6.45) is -4.44. The van der Waals surface area contributed by atoms with Gasteiger partial charge in [0.15, 0.2) is 0 Å². The largest absolute Gasteiger partial charge is 0.497 e. The van der Waals surface area contributed by atoms with Crippen LogP contribution in [0, 0.1) is 6.61 Å². The third kappa shape index (κ3) is 2.38. The molecule has 0 spiro atoms. The Bertz CT molecular complexity index is 298. The molecular formula is C9H8F3O2. The highest BCUT2D eigenvalue weighted by molar-refractivity contribution is 5.38. The number of halogens is 3. The first-order valence-corrected chi connectivity index (χ1v) is 3.71. The molecule has 0 unspecified atom stereocenters. The Morgan fingerprint density at radius 3 is 2.36 bits per heavy atom. The van der Waals surface area contributed by atoms with Crippen LogP contribution in [0.4, 0.5) is 13.2 Å². The molecule has 0 aliphatic heterocycles. The molecule has 1 N–H and O–H groups in total. The average molecular weight is 205 g/mol. The number of hydrogen-bond donors (Lipinski definition) is 1. The van der Waals surface area contributed by atoms with Crippen molar-refractivity contribution in [3.8, 4) is 5.75 Å². The summed E-state index contributed by atoms with van der Waals surface area (Å²) in [6, 6.07) is 3.00. The normalized spacial score (nSPS) is 11.5. The van der Waals surface area contributed by atoms with Crippen molar-refractivity contribution in [2.24, 2.45) is 0 Å². The van der Waals surface area contributed by atoms with Crippen LogP contribution in [0.2, 0.25) is 0 Å². The summed E-state index contributed by atoms with van der Waals surface area (Å²) in [7, 11) is 1.26. The molecule has 0 saturated carbocycles. The van der Waals surface area contributed by atoms with Crippen molar-refractivity contribution < 1.29 is 23.0 Å². The second-order valence-electron chi connectivity index (χ2n) is 2.62. The Morgan fingerprint density at radius 2 is 1.93 bits per heavy atom. The standard InChI is InChI=1S/C9H8F3O2/c1-14-8-3-6(5-13)2-7(4-8)9(10,11)12/h2-5,13H,1H3. The molecule has 0 heterocycles. The summed E-state index contributed by atoms with van der Waals surface area (Å²) < 4.78 is 41.5. The van der Waals surface area contributed by atoms with Gasteiger partial charge in [0.05, 0.1) is 12.7 Å². The molecule has 1 rings (SSSR count). The van der Waals surface area contributed by atoms with E-state index in [1.807, 2.05) is 0 Å². The minimum absolute atomic E-state index is 0.0525. The number of rotatable bonds is 2. The number of methoxy groups -OCH3 is 1. The third-order valence-electron chi connectivity index (χ3n) is 1.64. The van der Waals surface area contributed by atoms with E-state index >= 15 is 0 Å². The van der Waals surface area contributed by atoms with Gasteiger partial charge in [0.1, 0.15) is 12.4 Å². The molecule has 5 heteroatoms. The zero-order chi connectivity index (χ0) is 10.8. The van der Waals surface area contributed by atoms with E-state index in [0.29, 0.717) is 6.61 Å². The second kappa shape index (κ2) is 3.88. The fourth-order valence-electron chi connectivity index (χ4n) is 0.978. The van der Waals surface area contributed by atoms with Crippen LogP contribution in [0.1, 0.15) is 11.1 Å². The van der Waals surface area contributed by atoms with Crippen LogP contribution in [-0.2, 0) is 6.18 Å². The molecule has 2 nitrogen and oxygen atoms in total. The van der Waals surface area contributed by atoms with Gasteiger partial charge in [-0.25, -0.2) is 0 Å². The Labute approximate surface area is 78.9 Å². The van der Waals surface area contributed by atoms with E-state index in [-0.39, 0.29) is 11.3 Å². The fourth-order valence-corrected chi connectivity index (χ4v) is 0.978. The van der Waals surface area contributed by atoms with Gasteiger partial charge in [-0.2, -0.15) is 13.2 Å². The molecule has 0 aliphatic rings. The first-order valence-electron chi connectivity index (χ1n) is 3.71. The predicted octanol–water partition coefficient (Wildman–Crippen LogP) is 2.60. The summed E-state index contributed by atoms with van der Waals surface area (Å²) in [6.45, 7) is 0.595. The van der Waals surface area contributed by atoms with Crippen molar-refractivity contribution in [2.45, 2.75) is 6.18 Å². The second-order valence-corrected chi connectivity index (χ2v) is 2.62. The third-order valence-corrected chi connectivity index (χ3v) is 1.64. The van der Waals surface area contributed by atoms with Gasteiger partial charge in [-0.3, -0.25) is 0 Å². The molecule has 0 bridgehead atoms. The van der Waals surface area contributed by atoms with Crippen molar-refractivity contribution in [3.63, 3.8) is 0 Å². The lowest BCUT2D eigenvalue weighted by molar-refractivity contribution is -0.137. The molecule has 0 saturated heterocycles. The summed E-state index contributed by atoms with van der Waals surface area (Å²) in [5.74, 6) is 0.0557. The number of aliphatic hydroxyl groups is 1. The van der Waals surface area contributed by atoms with Gasteiger partial charge in [-0.1, -0.05) is 0 Å². The van der Waals surface area contributed by atoms with Gasteiger partial charge >= 0.3 is 6.18 Å². The summed E-state index contributed by atoms with van der Waals surface area (Å²) >= 11 is 0. The average Bonchev–Trinajstić information content (AvgIpc) is 2.15. The lowest BCUT2D eigenvalue weighted by Gasteiger charge is -2.10.